The maximum atomic E-state index is 13.2. The van der Waals surface area contributed by atoms with Crippen LogP contribution in [0, 0.1) is 20.8 Å². The van der Waals surface area contributed by atoms with Crippen molar-refractivity contribution in [2.75, 3.05) is 11.4 Å². The van der Waals surface area contributed by atoms with Gasteiger partial charge in [-0.05, 0) is 91.8 Å². The Morgan fingerprint density at radius 2 is 1.76 bits per heavy atom. The number of benzene rings is 1. The molecule has 0 bridgehead atoms. The summed E-state index contributed by atoms with van der Waals surface area (Å²) in [6, 6.07) is 5.32. The lowest BCUT2D eigenvalue weighted by molar-refractivity contribution is 0.0491. The van der Waals surface area contributed by atoms with E-state index in [-0.39, 0.29) is 36.1 Å². The first-order valence-corrected chi connectivity index (χ1v) is 13.6. The van der Waals surface area contributed by atoms with Crippen LogP contribution >= 0.6 is 11.6 Å². The minimum absolute atomic E-state index is 0.0702. The number of rotatable bonds is 7. The number of nitrogens with one attached hydrogen (secondary N) is 2. The van der Waals surface area contributed by atoms with Gasteiger partial charge in [-0.1, -0.05) is 11.6 Å². The van der Waals surface area contributed by atoms with E-state index in [1.807, 2.05) is 33.8 Å². The second-order valence-electron chi connectivity index (χ2n) is 11.0. The van der Waals surface area contributed by atoms with Gasteiger partial charge in [0.2, 0.25) is 0 Å². The summed E-state index contributed by atoms with van der Waals surface area (Å²) in [7, 11) is 0. The van der Waals surface area contributed by atoms with E-state index in [1.54, 1.807) is 19.9 Å². The van der Waals surface area contributed by atoms with E-state index in [9.17, 15) is 14.4 Å². The molecule has 9 heteroatoms. The van der Waals surface area contributed by atoms with Crippen molar-refractivity contribution in [3.8, 4) is 0 Å². The Balaban J connectivity index is 1.71. The average Bonchev–Trinajstić information content (AvgIpc) is 2.80. The normalized spacial score (nSPS) is 17.6. The highest BCUT2D eigenvalue weighted by atomic mass is 35.5. The molecule has 1 aliphatic rings. The van der Waals surface area contributed by atoms with Crippen LogP contribution in [0.25, 0.3) is 0 Å². The summed E-state index contributed by atoms with van der Waals surface area (Å²) in [5.74, 6) is 0.729. The summed E-state index contributed by atoms with van der Waals surface area (Å²) < 4.78 is 10.9. The average molecular weight is 546 g/mol. The lowest BCUT2D eigenvalue weighted by atomic mass is 9.89. The molecule has 0 aliphatic heterocycles. The van der Waals surface area contributed by atoms with Crippen LogP contribution in [-0.2, 0) is 11.3 Å². The predicted octanol–water partition coefficient (Wildman–Crippen LogP) is 5.81. The predicted molar refractivity (Wildman–Crippen MR) is 150 cm³/mol. The largest absolute Gasteiger partial charge is 0.466 e. The fourth-order valence-electron chi connectivity index (χ4n) is 5.08. The third-order valence-electron chi connectivity index (χ3n) is 6.89. The van der Waals surface area contributed by atoms with Crippen LogP contribution in [0.5, 0.6) is 0 Å². The van der Waals surface area contributed by atoms with Crippen LogP contribution in [0.4, 0.5) is 10.5 Å². The number of halogens is 1. The number of anilines is 1. The molecule has 38 heavy (non-hydrogen) atoms. The van der Waals surface area contributed by atoms with Crippen LogP contribution in [0.1, 0.15) is 86.4 Å². The molecular weight excluding hydrogens is 506 g/mol. The SMILES string of the molecule is CCN(c1cc(Cl)cc(C(=O)NCc2c(C)oc(C)cc2=O)c1C)[C@H]1CC[C@H](NC(=O)OC(C)(C)C)CC1. The standard InChI is InChI=1S/C29H40ClN3O5/c1-8-33(22-11-9-21(10-12-22)32-28(36)38-29(5,6)7)25-15-20(30)14-23(18(25)3)27(35)31-16-24-19(4)37-17(2)13-26(24)34/h13-15,21-22H,8-12,16H2,1-7H3,(H,31,35)(H,32,36)/t21-,22-. The molecule has 0 radical (unpaired) electrons. The monoisotopic (exact) mass is 545 g/mol. The van der Waals surface area contributed by atoms with Crippen molar-refractivity contribution in [1.29, 1.82) is 0 Å². The van der Waals surface area contributed by atoms with E-state index in [2.05, 4.69) is 22.5 Å². The van der Waals surface area contributed by atoms with E-state index in [0.29, 0.717) is 27.7 Å². The molecule has 2 aromatic rings. The summed E-state index contributed by atoms with van der Waals surface area (Å²) >= 11 is 6.49. The first-order valence-electron chi connectivity index (χ1n) is 13.2. The molecule has 8 nitrogen and oxygen atoms in total. The van der Waals surface area contributed by atoms with Gasteiger partial charge in [-0.15, -0.1) is 0 Å². The van der Waals surface area contributed by atoms with Gasteiger partial charge in [0.1, 0.15) is 17.1 Å². The quantitative estimate of drug-likeness (QED) is 0.455. The van der Waals surface area contributed by atoms with E-state index in [1.165, 1.54) is 6.07 Å². The molecule has 0 unspecified atom stereocenters. The number of amides is 2. The molecule has 208 valence electrons. The highest BCUT2D eigenvalue weighted by Crippen LogP contribution is 2.33. The zero-order chi connectivity index (χ0) is 28.2. The molecule has 1 heterocycles. The first kappa shape index (κ1) is 29.6. The van der Waals surface area contributed by atoms with Gasteiger partial charge >= 0.3 is 6.09 Å². The molecule has 1 saturated carbocycles. The third kappa shape index (κ3) is 7.53. The molecule has 0 atom stereocenters. The van der Waals surface area contributed by atoms with E-state index >= 15 is 0 Å². The van der Waals surface area contributed by atoms with Gasteiger partial charge in [0.15, 0.2) is 5.43 Å². The third-order valence-corrected chi connectivity index (χ3v) is 7.11. The van der Waals surface area contributed by atoms with Crippen molar-refractivity contribution < 1.29 is 18.7 Å². The summed E-state index contributed by atoms with van der Waals surface area (Å²) in [6.07, 6.45) is 3.08. The number of ether oxygens (including phenoxy) is 1. The second kappa shape index (κ2) is 12.2. The lowest BCUT2D eigenvalue weighted by Crippen LogP contribution is -2.45. The number of aryl methyl sites for hydroxylation is 2. The number of carbonyl (C=O) groups is 2. The number of hydrogen-bond acceptors (Lipinski definition) is 6. The molecule has 0 saturated heterocycles. The second-order valence-corrected chi connectivity index (χ2v) is 11.4. The van der Waals surface area contributed by atoms with Gasteiger partial charge in [-0.3, -0.25) is 9.59 Å². The van der Waals surface area contributed by atoms with E-state index in [4.69, 9.17) is 20.8 Å². The maximum Gasteiger partial charge on any atom is 0.407 e. The number of carbonyl (C=O) groups excluding carboxylic acids is 2. The Labute approximate surface area is 230 Å². The molecule has 2 N–H and O–H groups in total. The van der Waals surface area contributed by atoms with Crippen molar-refractivity contribution >= 4 is 29.3 Å². The smallest absolute Gasteiger partial charge is 0.407 e. The van der Waals surface area contributed by atoms with Crippen LogP contribution in [0.3, 0.4) is 0 Å². The van der Waals surface area contributed by atoms with Crippen molar-refractivity contribution in [2.24, 2.45) is 0 Å². The molecule has 1 aromatic carbocycles. The van der Waals surface area contributed by atoms with Crippen LogP contribution in [0.15, 0.2) is 27.4 Å². The molecule has 2 amide bonds. The fourth-order valence-corrected chi connectivity index (χ4v) is 5.30. The summed E-state index contributed by atoms with van der Waals surface area (Å²) in [5.41, 5.74) is 1.95. The minimum Gasteiger partial charge on any atom is -0.466 e. The highest BCUT2D eigenvalue weighted by molar-refractivity contribution is 6.31. The molecule has 1 fully saturated rings. The molecule has 3 rings (SSSR count). The van der Waals surface area contributed by atoms with Gasteiger partial charge in [-0.25, -0.2) is 4.79 Å². The number of alkyl carbamates (subject to hydrolysis) is 1. The summed E-state index contributed by atoms with van der Waals surface area (Å²) in [5, 5.41) is 6.33. The fraction of sp³-hybridized carbons (Fsp3) is 0.552. The van der Waals surface area contributed by atoms with E-state index < -0.39 is 5.60 Å². The van der Waals surface area contributed by atoms with Gasteiger partial charge in [0, 0.05) is 41.0 Å². The Kier molecular flexibility index (Phi) is 9.52. The molecular formula is C29H40ClN3O5. The van der Waals surface area contributed by atoms with Crippen LogP contribution < -0.4 is 21.0 Å². The maximum absolute atomic E-state index is 13.2. The molecule has 1 aliphatic carbocycles. The van der Waals surface area contributed by atoms with Crippen molar-refractivity contribution in [3.63, 3.8) is 0 Å². The molecule has 1 aromatic heterocycles. The van der Waals surface area contributed by atoms with Crippen LogP contribution in [0.2, 0.25) is 5.02 Å². The summed E-state index contributed by atoms with van der Waals surface area (Å²) in [4.78, 5) is 40.0. The highest BCUT2D eigenvalue weighted by Gasteiger charge is 2.29. The van der Waals surface area contributed by atoms with Crippen LogP contribution in [-0.4, -0.2) is 36.2 Å². The Hall–Kier alpha value is -3.00. The van der Waals surface area contributed by atoms with E-state index in [0.717, 1.165) is 43.5 Å². The van der Waals surface area contributed by atoms with Gasteiger partial charge in [0.05, 0.1) is 12.1 Å². The Bertz CT molecular complexity index is 1230. The van der Waals surface area contributed by atoms with Gasteiger partial charge < -0.3 is 24.7 Å². The van der Waals surface area contributed by atoms with Crippen molar-refractivity contribution in [2.45, 2.75) is 98.4 Å². The Morgan fingerprint density at radius 3 is 2.34 bits per heavy atom. The molecule has 0 spiro atoms. The van der Waals surface area contributed by atoms with Crippen molar-refractivity contribution in [3.05, 3.63) is 61.7 Å². The van der Waals surface area contributed by atoms with Gasteiger partial charge in [0.25, 0.3) is 5.91 Å². The minimum atomic E-state index is -0.528. The zero-order valence-corrected chi connectivity index (χ0v) is 24.3. The number of hydrogen-bond donors (Lipinski definition) is 2. The Morgan fingerprint density at radius 1 is 1.11 bits per heavy atom. The lowest BCUT2D eigenvalue weighted by Gasteiger charge is -2.39. The van der Waals surface area contributed by atoms with Gasteiger partial charge in [-0.2, -0.15) is 0 Å². The van der Waals surface area contributed by atoms with Crippen molar-refractivity contribution in [1.82, 2.24) is 10.6 Å². The zero-order valence-electron chi connectivity index (χ0n) is 23.5. The summed E-state index contributed by atoms with van der Waals surface area (Å²) in [6.45, 7) is 13.8. The topological polar surface area (TPSA) is 101 Å². The number of nitrogens with zero attached hydrogens (tertiary/aromatic N) is 1. The first-order chi connectivity index (χ1) is 17.8.